The van der Waals surface area contributed by atoms with E-state index < -0.39 is 0 Å². The summed E-state index contributed by atoms with van der Waals surface area (Å²) in [6, 6.07) is 12.7. The van der Waals surface area contributed by atoms with Gasteiger partial charge in [0.2, 0.25) is 5.95 Å². The smallest absolute Gasteiger partial charge is 0.227 e. The minimum absolute atomic E-state index is 0.214. The summed E-state index contributed by atoms with van der Waals surface area (Å²) in [4.78, 5) is 14.0. The van der Waals surface area contributed by atoms with Crippen LogP contribution in [0.1, 0.15) is 24.2 Å². The molecule has 1 aliphatic rings. The van der Waals surface area contributed by atoms with Gasteiger partial charge in [0, 0.05) is 44.0 Å². The Morgan fingerprint density at radius 2 is 1.74 bits per heavy atom. The normalized spacial score (nSPS) is 17.1. The van der Waals surface area contributed by atoms with E-state index in [4.69, 9.17) is 4.98 Å². The molecule has 1 fully saturated rings. The molecule has 1 aromatic carbocycles. The zero-order valence-corrected chi connectivity index (χ0v) is 14.2. The molecule has 2 aromatic rings. The van der Waals surface area contributed by atoms with Crippen LogP contribution in [0.25, 0.3) is 0 Å². The quantitative estimate of drug-likeness (QED) is 0.940. The van der Waals surface area contributed by atoms with Crippen LogP contribution in [0, 0.1) is 6.92 Å². The van der Waals surface area contributed by atoms with E-state index in [-0.39, 0.29) is 6.04 Å². The molecular formula is C18H25N5. The molecular weight excluding hydrogens is 286 g/mol. The summed E-state index contributed by atoms with van der Waals surface area (Å²) in [5.74, 6) is 1.73. The predicted octanol–water partition coefficient (Wildman–Crippen LogP) is 2.71. The lowest BCUT2D eigenvalue weighted by molar-refractivity contribution is 0.311. The first-order valence-corrected chi connectivity index (χ1v) is 8.22. The van der Waals surface area contributed by atoms with E-state index in [2.05, 4.69) is 58.3 Å². The molecule has 122 valence electrons. The van der Waals surface area contributed by atoms with Crippen LogP contribution >= 0.6 is 0 Å². The van der Waals surface area contributed by atoms with Crippen LogP contribution in [0.4, 0.5) is 11.8 Å². The Morgan fingerprint density at radius 1 is 1.04 bits per heavy atom. The number of nitrogens with one attached hydrogen (secondary N) is 1. The van der Waals surface area contributed by atoms with E-state index in [9.17, 15) is 0 Å². The second-order valence-corrected chi connectivity index (χ2v) is 6.26. The first-order chi connectivity index (χ1) is 11.1. The second kappa shape index (κ2) is 6.96. The van der Waals surface area contributed by atoms with Gasteiger partial charge in [0.15, 0.2) is 0 Å². The molecule has 1 saturated heterocycles. The highest BCUT2D eigenvalue weighted by Gasteiger charge is 2.17. The van der Waals surface area contributed by atoms with Gasteiger partial charge in [-0.3, -0.25) is 0 Å². The van der Waals surface area contributed by atoms with Crippen LogP contribution in [-0.4, -0.2) is 48.1 Å². The van der Waals surface area contributed by atoms with Gasteiger partial charge in [0.05, 0.1) is 0 Å². The van der Waals surface area contributed by atoms with Crippen molar-refractivity contribution < 1.29 is 0 Å². The van der Waals surface area contributed by atoms with Gasteiger partial charge in [0.25, 0.3) is 0 Å². The molecule has 1 unspecified atom stereocenters. The summed E-state index contributed by atoms with van der Waals surface area (Å²) in [7, 11) is 2.16. The monoisotopic (exact) mass is 311 g/mol. The maximum absolute atomic E-state index is 4.73. The van der Waals surface area contributed by atoms with E-state index in [1.807, 2.05) is 19.1 Å². The number of anilines is 2. The minimum atomic E-state index is 0.214. The topological polar surface area (TPSA) is 44.3 Å². The van der Waals surface area contributed by atoms with Crippen LogP contribution in [0.5, 0.6) is 0 Å². The maximum Gasteiger partial charge on any atom is 0.227 e. The number of aryl methyl sites for hydroxylation is 1. The van der Waals surface area contributed by atoms with Crippen molar-refractivity contribution in [2.75, 3.05) is 43.4 Å². The first-order valence-electron chi connectivity index (χ1n) is 8.22. The highest BCUT2D eigenvalue weighted by molar-refractivity contribution is 5.45. The third-order valence-electron chi connectivity index (χ3n) is 4.29. The fraction of sp³-hybridized carbons (Fsp3) is 0.444. The summed E-state index contributed by atoms with van der Waals surface area (Å²) in [6.07, 6.45) is 0. The zero-order valence-electron chi connectivity index (χ0n) is 14.2. The van der Waals surface area contributed by atoms with E-state index in [1.165, 1.54) is 5.56 Å². The Morgan fingerprint density at radius 3 is 2.43 bits per heavy atom. The van der Waals surface area contributed by atoms with Crippen molar-refractivity contribution in [3.63, 3.8) is 0 Å². The minimum Gasteiger partial charge on any atom is -0.363 e. The van der Waals surface area contributed by atoms with Gasteiger partial charge in [0.1, 0.15) is 5.82 Å². The molecule has 0 bridgehead atoms. The van der Waals surface area contributed by atoms with Gasteiger partial charge in [-0.2, -0.15) is 4.98 Å². The molecule has 2 heterocycles. The molecule has 1 atom stereocenters. The molecule has 0 amide bonds. The van der Waals surface area contributed by atoms with E-state index >= 15 is 0 Å². The predicted molar refractivity (Wildman–Crippen MR) is 95.0 cm³/mol. The SMILES string of the molecule is Cc1cc(NC(C)c2ccccc2)nc(N2CCN(C)CC2)n1. The molecule has 3 rings (SSSR count). The van der Waals surface area contributed by atoms with Crippen molar-refractivity contribution in [1.29, 1.82) is 0 Å². The van der Waals surface area contributed by atoms with Gasteiger partial charge in [-0.1, -0.05) is 30.3 Å². The van der Waals surface area contributed by atoms with E-state index in [0.717, 1.165) is 43.6 Å². The molecule has 1 aromatic heterocycles. The van der Waals surface area contributed by atoms with Crippen LogP contribution in [0.2, 0.25) is 0 Å². The van der Waals surface area contributed by atoms with Gasteiger partial charge < -0.3 is 15.1 Å². The summed E-state index contributed by atoms with van der Waals surface area (Å²) >= 11 is 0. The summed E-state index contributed by atoms with van der Waals surface area (Å²) in [5, 5.41) is 3.50. The zero-order chi connectivity index (χ0) is 16.2. The van der Waals surface area contributed by atoms with Crippen molar-refractivity contribution in [1.82, 2.24) is 14.9 Å². The van der Waals surface area contributed by atoms with E-state index in [0.29, 0.717) is 0 Å². The summed E-state index contributed by atoms with van der Waals surface area (Å²) in [5.41, 5.74) is 2.25. The summed E-state index contributed by atoms with van der Waals surface area (Å²) in [6.45, 7) is 8.25. The lowest BCUT2D eigenvalue weighted by atomic mass is 10.1. The number of likely N-dealkylation sites (N-methyl/N-ethyl adjacent to an activating group) is 1. The third-order valence-corrected chi connectivity index (χ3v) is 4.29. The number of hydrogen-bond donors (Lipinski definition) is 1. The number of benzene rings is 1. The van der Waals surface area contributed by atoms with Gasteiger partial charge in [-0.25, -0.2) is 4.98 Å². The van der Waals surface area contributed by atoms with Crippen molar-refractivity contribution in [3.8, 4) is 0 Å². The number of piperazine rings is 1. The van der Waals surface area contributed by atoms with Crippen LogP contribution in [-0.2, 0) is 0 Å². The molecule has 0 aliphatic carbocycles. The summed E-state index contributed by atoms with van der Waals surface area (Å²) < 4.78 is 0. The largest absolute Gasteiger partial charge is 0.363 e. The molecule has 0 saturated carbocycles. The number of rotatable bonds is 4. The molecule has 23 heavy (non-hydrogen) atoms. The van der Waals surface area contributed by atoms with Gasteiger partial charge in [-0.05, 0) is 26.5 Å². The van der Waals surface area contributed by atoms with Crippen LogP contribution in [0.15, 0.2) is 36.4 Å². The van der Waals surface area contributed by atoms with Crippen molar-refractivity contribution in [2.45, 2.75) is 19.9 Å². The Labute approximate surface area is 138 Å². The lowest BCUT2D eigenvalue weighted by Crippen LogP contribution is -2.45. The molecule has 5 heteroatoms. The lowest BCUT2D eigenvalue weighted by Gasteiger charge is -2.32. The van der Waals surface area contributed by atoms with Gasteiger partial charge in [-0.15, -0.1) is 0 Å². The van der Waals surface area contributed by atoms with Crippen LogP contribution < -0.4 is 10.2 Å². The van der Waals surface area contributed by atoms with E-state index in [1.54, 1.807) is 0 Å². The Hall–Kier alpha value is -2.14. The van der Waals surface area contributed by atoms with Crippen molar-refractivity contribution >= 4 is 11.8 Å². The Kier molecular flexibility index (Phi) is 4.76. The second-order valence-electron chi connectivity index (χ2n) is 6.26. The molecule has 1 aliphatic heterocycles. The average Bonchev–Trinajstić information content (AvgIpc) is 2.56. The Balaban J connectivity index is 1.75. The van der Waals surface area contributed by atoms with Crippen molar-refractivity contribution in [2.24, 2.45) is 0 Å². The standard InChI is InChI=1S/C18H25N5/c1-14-13-17(20-15(2)16-7-5-4-6-8-16)21-18(19-14)23-11-9-22(3)10-12-23/h4-8,13,15H,9-12H2,1-3H3,(H,19,20,21). The van der Waals surface area contributed by atoms with Gasteiger partial charge >= 0.3 is 0 Å². The average molecular weight is 311 g/mol. The number of hydrogen-bond acceptors (Lipinski definition) is 5. The molecule has 5 nitrogen and oxygen atoms in total. The maximum atomic E-state index is 4.73. The molecule has 0 spiro atoms. The highest BCUT2D eigenvalue weighted by Crippen LogP contribution is 2.20. The fourth-order valence-electron chi connectivity index (χ4n) is 2.82. The number of nitrogens with zero attached hydrogens (tertiary/aromatic N) is 4. The van der Waals surface area contributed by atoms with Crippen molar-refractivity contribution in [3.05, 3.63) is 47.7 Å². The first kappa shape index (κ1) is 15.7. The van der Waals surface area contributed by atoms with Crippen LogP contribution in [0.3, 0.4) is 0 Å². The highest BCUT2D eigenvalue weighted by atomic mass is 15.3. The molecule has 1 N–H and O–H groups in total. The Bertz CT molecular complexity index is 635. The molecule has 0 radical (unpaired) electrons. The number of aromatic nitrogens is 2. The third kappa shape index (κ3) is 3.99. The fourth-order valence-corrected chi connectivity index (χ4v) is 2.82.